The lowest BCUT2D eigenvalue weighted by atomic mass is 9.71. The molecule has 282 valence electrons. The Morgan fingerprint density at radius 1 is 1.07 bits per heavy atom. The number of nitrogens with two attached hydrogens (primary N) is 2. The van der Waals surface area contributed by atoms with E-state index in [2.05, 4.69) is 21.8 Å². The third-order valence-electron chi connectivity index (χ3n) is 10.6. The van der Waals surface area contributed by atoms with Crippen molar-refractivity contribution in [3.8, 4) is 29.1 Å². The van der Waals surface area contributed by atoms with Crippen LogP contribution in [0.25, 0.3) is 11.0 Å². The fourth-order valence-electron chi connectivity index (χ4n) is 7.68. The molecule has 0 radical (unpaired) electrons. The normalized spacial score (nSPS) is 21.9. The molecule has 5 atom stereocenters. The van der Waals surface area contributed by atoms with Crippen molar-refractivity contribution < 1.29 is 39.1 Å². The Balaban J connectivity index is 1.59. The van der Waals surface area contributed by atoms with Crippen molar-refractivity contribution in [2.75, 3.05) is 18.1 Å². The van der Waals surface area contributed by atoms with Crippen molar-refractivity contribution in [2.45, 2.75) is 63.3 Å². The number of phenolic OH excluding ortho intramolecular Hbond substituents is 2. The zero-order valence-corrected chi connectivity index (χ0v) is 30.2. The molecular formula is C42H40N4O9. The number of aliphatic hydroxyl groups excluding tert-OH is 2. The predicted molar refractivity (Wildman–Crippen MR) is 203 cm³/mol. The minimum absolute atomic E-state index is 0.00154. The maximum atomic E-state index is 13.9. The molecule has 3 aromatic heterocycles. The van der Waals surface area contributed by atoms with Gasteiger partial charge in [-0.25, -0.2) is 14.8 Å². The SMILES string of the molecule is CC=C(CO)C(=O)OC1Cc2c3c(c4oc(CO)cc(=O)c4c2O)C(c2ccnc(N)c2)C(c2cccc(O)c2)C#CCC(Cc2ccc(N)nc2)C1(C)O3. The average molecular weight is 745 g/mol. The summed E-state index contributed by atoms with van der Waals surface area (Å²) >= 11 is 0. The van der Waals surface area contributed by atoms with Crippen LogP contribution < -0.4 is 21.6 Å². The topological polar surface area (TPSA) is 224 Å². The molecule has 13 nitrogen and oxygen atoms in total. The molecule has 0 saturated carbocycles. The number of aromatic hydroxyl groups is 2. The lowest BCUT2D eigenvalue weighted by molar-refractivity contribution is -0.165. The Kier molecular flexibility index (Phi) is 9.96. The first kappa shape index (κ1) is 37.0. The van der Waals surface area contributed by atoms with Crippen LogP contribution in [0.5, 0.6) is 17.2 Å². The minimum Gasteiger partial charge on any atom is -0.508 e. The Hall–Kier alpha value is -6.36. The zero-order valence-electron chi connectivity index (χ0n) is 30.2. The van der Waals surface area contributed by atoms with Crippen LogP contribution in [-0.4, -0.2) is 54.7 Å². The first-order chi connectivity index (χ1) is 26.4. The van der Waals surface area contributed by atoms with Gasteiger partial charge in [0.15, 0.2) is 5.43 Å². The number of benzene rings is 2. The number of aliphatic hydroxyl groups is 2. The maximum Gasteiger partial charge on any atom is 0.336 e. The van der Waals surface area contributed by atoms with Crippen LogP contribution in [0.1, 0.15) is 65.7 Å². The second-order valence-electron chi connectivity index (χ2n) is 13.9. The second kappa shape index (κ2) is 14.8. The summed E-state index contributed by atoms with van der Waals surface area (Å²) in [6, 6.07) is 14.7. The summed E-state index contributed by atoms with van der Waals surface area (Å²) in [5, 5.41) is 42.7. The molecule has 0 amide bonds. The van der Waals surface area contributed by atoms with Crippen molar-refractivity contribution in [1.29, 1.82) is 0 Å². The Morgan fingerprint density at radius 2 is 1.89 bits per heavy atom. The highest BCUT2D eigenvalue weighted by atomic mass is 16.6. The highest BCUT2D eigenvalue weighted by Crippen LogP contribution is 2.55. The van der Waals surface area contributed by atoms with E-state index in [9.17, 15) is 30.0 Å². The summed E-state index contributed by atoms with van der Waals surface area (Å²) in [6.45, 7) is 2.23. The number of rotatable bonds is 8. The number of pyridine rings is 2. The third-order valence-corrected chi connectivity index (χ3v) is 10.6. The van der Waals surface area contributed by atoms with Gasteiger partial charge in [-0.05, 0) is 67.3 Å². The Morgan fingerprint density at radius 3 is 2.58 bits per heavy atom. The van der Waals surface area contributed by atoms with Crippen LogP contribution >= 0.6 is 0 Å². The number of carbonyl (C=O) groups is 1. The molecule has 5 heterocycles. The van der Waals surface area contributed by atoms with Gasteiger partial charge in [-0.2, -0.15) is 0 Å². The first-order valence-corrected chi connectivity index (χ1v) is 17.8. The number of nitrogen functional groups attached to an aromatic ring is 2. The molecule has 5 aromatic rings. The minimum atomic E-state index is -1.36. The van der Waals surface area contributed by atoms with Gasteiger partial charge in [0, 0.05) is 54.3 Å². The number of aromatic nitrogens is 2. The van der Waals surface area contributed by atoms with Crippen molar-refractivity contribution in [2.24, 2.45) is 5.92 Å². The van der Waals surface area contributed by atoms with Gasteiger partial charge in [-0.15, -0.1) is 5.92 Å². The van der Waals surface area contributed by atoms with E-state index < -0.39 is 59.8 Å². The average Bonchev–Trinajstić information content (AvgIpc) is 3.16. The molecule has 7 rings (SSSR count). The molecule has 55 heavy (non-hydrogen) atoms. The summed E-state index contributed by atoms with van der Waals surface area (Å²) in [5.74, 6) is 4.23. The van der Waals surface area contributed by atoms with Gasteiger partial charge < -0.3 is 45.8 Å². The van der Waals surface area contributed by atoms with Crippen molar-refractivity contribution in [3.63, 3.8) is 0 Å². The molecule has 0 aliphatic carbocycles. The molecule has 2 aromatic carbocycles. The number of ether oxygens (including phenoxy) is 2. The second-order valence-corrected chi connectivity index (χ2v) is 13.9. The summed E-state index contributed by atoms with van der Waals surface area (Å²) < 4.78 is 19.6. The molecule has 5 unspecified atom stereocenters. The quantitative estimate of drug-likeness (QED) is 0.0738. The number of esters is 1. The Bertz CT molecular complexity index is 2450. The molecule has 0 saturated heterocycles. The summed E-state index contributed by atoms with van der Waals surface area (Å²) in [5.41, 5.74) is 12.7. The van der Waals surface area contributed by atoms with Crippen molar-refractivity contribution in [3.05, 3.63) is 122 Å². The van der Waals surface area contributed by atoms with Crippen LogP contribution in [0.15, 0.2) is 87.9 Å². The fourth-order valence-corrected chi connectivity index (χ4v) is 7.68. The molecule has 2 bridgehead atoms. The number of hydrogen-bond donors (Lipinski definition) is 6. The summed E-state index contributed by atoms with van der Waals surface area (Å²) in [6.07, 6.45) is 4.04. The van der Waals surface area contributed by atoms with Gasteiger partial charge in [0.1, 0.15) is 63.9 Å². The Labute approximate surface area is 315 Å². The number of allylic oxidation sites excluding steroid dienone is 1. The van der Waals surface area contributed by atoms with Crippen LogP contribution in [0, 0.1) is 17.8 Å². The maximum absolute atomic E-state index is 13.9. The lowest BCUT2D eigenvalue weighted by Gasteiger charge is -2.47. The van der Waals surface area contributed by atoms with E-state index in [1.807, 2.05) is 12.1 Å². The van der Waals surface area contributed by atoms with E-state index in [0.29, 0.717) is 28.9 Å². The van der Waals surface area contributed by atoms with Gasteiger partial charge in [0.2, 0.25) is 0 Å². The number of fused-ring (bicyclic) bond motifs is 3. The van der Waals surface area contributed by atoms with E-state index in [0.717, 1.165) is 11.6 Å². The molecule has 13 heteroatoms. The summed E-state index contributed by atoms with van der Waals surface area (Å²) in [4.78, 5) is 35.9. The highest BCUT2D eigenvalue weighted by Gasteiger charge is 2.52. The van der Waals surface area contributed by atoms with Gasteiger partial charge in [0.25, 0.3) is 0 Å². The number of nitrogens with zero attached hydrogens (tertiary/aromatic N) is 2. The number of phenols is 2. The monoisotopic (exact) mass is 744 g/mol. The van der Waals surface area contributed by atoms with E-state index >= 15 is 0 Å². The van der Waals surface area contributed by atoms with Gasteiger partial charge in [-0.3, -0.25) is 4.79 Å². The third kappa shape index (κ3) is 6.82. The van der Waals surface area contributed by atoms with Crippen LogP contribution in [0.4, 0.5) is 11.6 Å². The van der Waals surface area contributed by atoms with E-state index in [1.54, 1.807) is 56.4 Å². The van der Waals surface area contributed by atoms with Crippen molar-refractivity contribution >= 4 is 28.6 Å². The van der Waals surface area contributed by atoms with Gasteiger partial charge in [0.05, 0.1) is 18.1 Å². The molecule has 8 N–H and O–H groups in total. The van der Waals surface area contributed by atoms with E-state index in [1.165, 1.54) is 12.3 Å². The smallest absolute Gasteiger partial charge is 0.336 e. The molecular weight excluding hydrogens is 704 g/mol. The fraction of sp³-hybridized carbons (Fsp3) is 0.286. The number of carbonyl (C=O) groups excluding carboxylic acids is 1. The van der Waals surface area contributed by atoms with Crippen LogP contribution in [0.3, 0.4) is 0 Å². The molecule has 2 aliphatic rings. The number of hydrogen-bond acceptors (Lipinski definition) is 13. The standard InChI is InChI=1S/C42H40N4O9/c1-3-23(20-47)41(52)54-32-18-30-38(51)36-31(50)17-28(21-48)53-40(36)37-35(25-12-13-45-34(44)16-25)29(24-6-4-8-27(49)15-24)9-5-7-26(42(32,2)55-39(30)37)14-22-10-11-33(43)46-19-22/h3-4,6,8,10-13,15-17,19,26,29,32,35,47-49,51H,7,14,18,20-21H2,1-2H3,(H2,43,46)(H2,44,45). The molecule has 0 spiro atoms. The number of anilines is 2. The highest BCUT2D eigenvalue weighted by molar-refractivity contribution is 5.92. The van der Waals surface area contributed by atoms with Crippen molar-refractivity contribution in [1.82, 2.24) is 9.97 Å². The molecule has 2 aliphatic heterocycles. The zero-order chi connectivity index (χ0) is 39.0. The predicted octanol–water partition coefficient (Wildman–Crippen LogP) is 4.38. The van der Waals surface area contributed by atoms with Crippen LogP contribution in [0.2, 0.25) is 0 Å². The lowest BCUT2D eigenvalue weighted by Crippen LogP contribution is -2.57. The van der Waals surface area contributed by atoms with Gasteiger partial charge >= 0.3 is 5.97 Å². The summed E-state index contributed by atoms with van der Waals surface area (Å²) in [7, 11) is 0. The van der Waals surface area contributed by atoms with E-state index in [-0.39, 0.29) is 58.0 Å². The molecule has 0 fully saturated rings. The van der Waals surface area contributed by atoms with Crippen LogP contribution in [-0.2, 0) is 29.0 Å². The largest absolute Gasteiger partial charge is 0.508 e. The van der Waals surface area contributed by atoms with Gasteiger partial charge in [-0.1, -0.05) is 30.2 Å². The first-order valence-electron chi connectivity index (χ1n) is 17.8. The van der Waals surface area contributed by atoms with E-state index in [4.69, 9.17) is 25.4 Å².